The fourth-order valence-corrected chi connectivity index (χ4v) is 3.44. The third-order valence-corrected chi connectivity index (χ3v) is 4.33. The predicted octanol–water partition coefficient (Wildman–Crippen LogP) is 3.23. The third-order valence-electron chi connectivity index (χ3n) is 4.33. The number of hydrogen-bond donors (Lipinski definition) is 1. The lowest BCUT2D eigenvalue weighted by Crippen LogP contribution is -2.43. The summed E-state index contributed by atoms with van der Waals surface area (Å²) in [6.45, 7) is 9.99. The largest absolute Gasteiger partial charge is 0.329 e. The average molecular weight is 260 g/mol. The molecule has 2 nitrogen and oxygen atoms in total. The molecular formula is C17H28N2. The Morgan fingerprint density at radius 1 is 1.16 bits per heavy atom. The molecular weight excluding hydrogens is 232 g/mol. The van der Waals surface area contributed by atoms with Gasteiger partial charge in [-0.15, -0.1) is 0 Å². The second-order valence-electron chi connectivity index (χ2n) is 6.25. The van der Waals surface area contributed by atoms with Crippen molar-refractivity contribution in [3.63, 3.8) is 0 Å². The molecule has 1 heterocycles. The molecule has 0 aromatic heterocycles. The van der Waals surface area contributed by atoms with Crippen molar-refractivity contribution in [1.29, 1.82) is 0 Å². The second-order valence-corrected chi connectivity index (χ2v) is 6.25. The van der Waals surface area contributed by atoms with E-state index in [9.17, 15) is 0 Å². The van der Waals surface area contributed by atoms with Crippen LogP contribution in [0, 0.1) is 11.8 Å². The first-order valence-electron chi connectivity index (χ1n) is 7.67. The number of benzene rings is 1. The quantitative estimate of drug-likeness (QED) is 0.900. The van der Waals surface area contributed by atoms with Gasteiger partial charge < -0.3 is 5.73 Å². The van der Waals surface area contributed by atoms with Gasteiger partial charge in [0.1, 0.15) is 0 Å². The van der Waals surface area contributed by atoms with Crippen LogP contribution in [-0.4, -0.2) is 24.5 Å². The number of nitrogens with zero attached hydrogens (tertiary/aromatic N) is 1. The number of likely N-dealkylation sites (tertiary alicyclic amines) is 1. The lowest BCUT2D eigenvalue weighted by atomic mass is 9.89. The van der Waals surface area contributed by atoms with Crippen molar-refractivity contribution in [2.45, 2.75) is 39.7 Å². The van der Waals surface area contributed by atoms with Gasteiger partial charge >= 0.3 is 0 Å². The Morgan fingerprint density at radius 2 is 1.74 bits per heavy atom. The van der Waals surface area contributed by atoms with Crippen LogP contribution < -0.4 is 5.73 Å². The van der Waals surface area contributed by atoms with Crippen molar-refractivity contribution in [3.8, 4) is 0 Å². The molecule has 0 radical (unpaired) electrons. The van der Waals surface area contributed by atoms with Crippen molar-refractivity contribution in [2.24, 2.45) is 17.6 Å². The summed E-state index contributed by atoms with van der Waals surface area (Å²) in [5.41, 5.74) is 8.83. The van der Waals surface area contributed by atoms with Gasteiger partial charge in [-0.1, -0.05) is 45.0 Å². The summed E-state index contributed by atoms with van der Waals surface area (Å²) < 4.78 is 0. The molecule has 0 saturated carbocycles. The zero-order valence-corrected chi connectivity index (χ0v) is 12.6. The summed E-state index contributed by atoms with van der Waals surface area (Å²) in [6.07, 6.45) is 2.45. The van der Waals surface area contributed by atoms with Crippen LogP contribution in [0.1, 0.15) is 44.4 Å². The molecule has 1 saturated heterocycles. The van der Waals surface area contributed by atoms with Crippen LogP contribution in [0.25, 0.3) is 0 Å². The van der Waals surface area contributed by atoms with E-state index in [1.807, 2.05) is 0 Å². The minimum Gasteiger partial charge on any atom is -0.329 e. The van der Waals surface area contributed by atoms with Crippen LogP contribution >= 0.6 is 0 Å². The molecule has 1 aliphatic heterocycles. The van der Waals surface area contributed by atoms with Gasteiger partial charge in [-0.25, -0.2) is 0 Å². The molecule has 1 aromatic rings. The van der Waals surface area contributed by atoms with Gasteiger partial charge in [-0.2, -0.15) is 0 Å². The SMILES string of the molecule is CCc1ccc(C(CN)N2C[C@H](C)C[C@H](C)C2)cc1. The van der Waals surface area contributed by atoms with Gasteiger partial charge in [0.25, 0.3) is 0 Å². The Bertz CT molecular complexity index is 375. The van der Waals surface area contributed by atoms with Crippen LogP contribution in [0.15, 0.2) is 24.3 Å². The van der Waals surface area contributed by atoms with E-state index in [4.69, 9.17) is 5.73 Å². The first-order chi connectivity index (χ1) is 9.13. The summed E-state index contributed by atoms with van der Waals surface area (Å²) in [5, 5.41) is 0. The highest BCUT2D eigenvalue weighted by atomic mass is 15.2. The topological polar surface area (TPSA) is 29.3 Å². The van der Waals surface area contributed by atoms with Crippen molar-refractivity contribution < 1.29 is 0 Å². The maximum atomic E-state index is 6.06. The summed E-state index contributed by atoms with van der Waals surface area (Å²) in [5.74, 6) is 1.57. The molecule has 1 unspecified atom stereocenters. The summed E-state index contributed by atoms with van der Waals surface area (Å²) >= 11 is 0. The minimum absolute atomic E-state index is 0.385. The molecule has 106 valence electrons. The zero-order valence-electron chi connectivity index (χ0n) is 12.6. The Balaban J connectivity index is 2.13. The van der Waals surface area contributed by atoms with E-state index in [1.165, 1.54) is 30.6 Å². The molecule has 0 aliphatic carbocycles. The van der Waals surface area contributed by atoms with E-state index in [0.717, 1.165) is 18.3 Å². The molecule has 2 rings (SSSR count). The number of hydrogen-bond acceptors (Lipinski definition) is 2. The second kappa shape index (κ2) is 6.53. The van der Waals surface area contributed by atoms with E-state index < -0.39 is 0 Å². The van der Waals surface area contributed by atoms with Crippen LogP contribution in [0.5, 0.6) is 0 Å². The number of rotatable bonds is 4. The summed E-state index contributed by atoms with van der Waals surface area (Å²) in [6, 6.07) is 9.40. The van der Waals surface area contributed by atoms with Crippen LogP contribution in [0.2, 0.25) is 0 Å². The van der Waals surface area contributed by atoms with Gasteiger partial charge in [-0.05, 0) is 35.8 Å². The average Bonchev–Trinajstić information content (AvgIpc) is 2.39. The molecule has 19 heavy (non-hydrogen) atoms. The molecule has 2 N–H and O–H groups in total. The highest BCUT2D eigenvalue weighted by Crippen LogP contribution is 2.29. The Labute approximate surface area is 118 Å². The molecule has 1 fully saturated rings. The zero-order chi connectivity index (χ0) is 13.8. The molecule has 1 aliphatic rings. The molecule has 2 heteroatoms. The van der Waals surface area contributed by atoms with Crippen molar-refractivity contribution >= 4 is 0 Å². The van der Waals surface area contributed by atoms with Gasteiger partial charge in [0.05, 0.1) is 0 Å². The van der Waals surface area contributed by atoms with Gasteiger partial charge in [-0.3, -0.25) is 4.90 Å². The summed E-state index contributed by atoms with van der Waals surface area (Å²) in [4.78, 5) is 2.58. The molecule has 1 aromatic carbocycles. The first kappa shape index (κ1) is 14.5. The number of piperidine rings is 1. The predicted molar refractivity (Wildman–Crippen MR) is 82.1 cm³/mol. The standard InChI is InChI=1S/C17H28N2/c1-4-15-5-7-16(8-6-15)17(10-18)19-11-13(2)9-14(3)12-19/h5-8,13-14,17H,4,9-12,18H2,1-3H3/t13-,14+,17?. The molecule has 0 spiro atoms. The number of aryl methyl sites for hydroxylation is 1. The van der Waals surface area contributed by atoms with Crippen molar-refractivity contribution in [2.75, 3.05) is 19.6 Å². The Hall–Kier alpha value is -0.860. The lowest BCUT2D eigenvalue weighted by molar-refractivity contribution is 0.0984. The highest BCUT2D eigenvalue weighted by Gasteiger charge is 2.27. The van der Waals surface area contributed by atoms with Gasteiger partial charge in [0.15, 0.2) is 0 Å². The fourth-order valence-electron chi connectivity index (χ4n) is 3.44. The maximum absolute atomic E-state index is 6.06. The van der Waals surface area contributed by atoms with Gasteiger partial charge in [0, 0.05) is 25.7 Å². The minimum atomic E-state index is 0.385. The Morgan fingerprint density at radius 3 is 2.21 bits per heavy atom. The first-order valence-corrected chi connectivity index (χ1v) is 7.67. The van der Waals surface area contributed by atoms with Crippen molar-refractivity contribution in [1.82, 2.24) is 4.90 Å². The maximum Gasteiger partial charge on any atom is 0.0470 e. The van der Waals surface area contributed by atoms with E-state index in [2.05, 4.69) is 49.9 Å². The van der Waals surface area contributed by atoms with E-state index in [-0.39, 0.29) is 0 Å². The monoisotopic (exact) mass is 260 g/mol. The fraction of sp³-hybridized carbons (Fsp3) is 0.647. The molecule has 3 atom stereocenters. The normalized spacial score (nSPS) is 26.3. The number of nitrogens with two attached hydrogens (primary N) is 1. The van der Waals surface area contributed by atoms with Gasteiger partial charge in [0.2, 0.25) is 0 Å². The molecule has 0 bridgehead atoms. The molecule has 0 amide bonds. The summed E-state index contributed by atoms with van der Waals surface area (Å²) in [7, 11) is 0. The Kier molecular flexibility index (Phi) is 5.00. The van der Waals surface area contributed by atoms with E-state index in [1.54, 1.807) is 0 Å². The third kappa shape index (κ3) is 3.58. The van der Waals surface area contributed by atoms with E-state index >= 15 is 0 Å². The van der Waals surface area contributed by atoms with Crippen LogP contribution in [0.3, 0.4) is 0 Å². The van der Waals surface area contributed by atoms with Crippen molar-refractivity contribution in [3.05, 3.63) is 35.4 Å². The van der Waals surface area contributed by atoms with E-state index in [0.29, 0.717) is 12.6 Å². The smallest absolute Gasteiger partial charge is 0.0470 e. The van der Waals surface area contributed by atoms with Crippen LogP contribution in [0.4, 0.5) is 0 Å². The lowest BCUT2D eigenvalue weighted by Gasteiger charge is -2.40. The highest BCUT2D eigenvalue weighted by molar-refractivity contribution is 5.25. The van der Waals surface area contributed by atoms with Crippen LogP contribution in [-0.2, 0) is 6.42 Å².